The molecule has 0 radical (unpaired) electrons. The van der Waals surface area contributed by atoms with Crippen LogP contribution in [-0.2, 0) is 11.2 Å². The molecule has 1 aromatic carbocycles. The van der Waals surface area contributed by atoms with Crippen LogP contribution in [0.1, 0.15) is 30.4 Å². The molecule has 18 heavy (non-hydrogen) atoms. The average Bonchev–Trinajstić information content (AvgIpc) is 2.34. The molecule has 1 amide bonds. The maximum absolute atomic E-state index is 13.4. The lowest BCUT2D eigenvalue weighted by molar-refractivity contribution is -0.118. The van der Waals surface area contributed by atoms with E-state index in [9.17, 15) is 9.18 Å². The Bertz CT molecular complexity index is 482. The normalized spacial score (nSPS) is 14.2. The van der Waals surface area contributed by atoms with Gasteiger partial charge in [-0.3, -0.25) is 4.79 Å². The summed E-state index contributed by atoms with van der Waals surface area (Å²) in [6.45, 7) is 6.22. The molecule has 0 aromatic heterocycles. The molecule has 1 heterocycles. The number of benzene rings is 1. The number of hydrogen-bond acceptors (Lipinski definition) is 1. The number of rotatable bonds is 3. The van der Waals surface area contributed by atoms with Crippen LogP contribution in [0, 0.1) is 12.7 Å². The maximum atomic E-state index is 13.4. The molecular weight excluding hydrogens is 229 g/mol. The van der Waals surface area contributed by atoms with Crippen LogP contribution in [0.15, 0.2) is 24.8 Å². The highest BCUT2D eigenvalue weighted by atomic mass is 19.1. The van der Waals surface area contributed by atoms with Crippen molar-refractivity contribution in [3.8, 4) is 0 Å². The summed E-state index contributed by atoms with van der Waals surface area (Å²) in [5, 5.41) is 0. The Kier molecular flexibility index (Phi) is 3.80. The van der Waals surface area contributed by atoms with Gasteiger partial charge in [0.25, 0.3) is 0 Å². The number of nitrogens with zero attached hydrogens (tertiary/aromatic N) is 1. The molecule has 3 heteroatoms. The van der Waals surface area contributed by atoms with Crippen LogP contribution in [0.3, 0.4) is 0 Å². The van der Waals surface area contributed by atoms with Gasteiger partial charge >= 0.3 is 0 Å². The van der Waals surface area contributed by atoms with Crippen molar-refractivity contribution in [2.24, 2.45) is 0 Å². The van der Waals surface area contributed by atoms with Gasteiger partial charge in [-0.1, -0.05) is 6.08 Å². The highest BCUT2D eigenvalue weighted by Crippen LogP contribution is 2.32. The molecule has 1 aliphatic rings. The summed E-state index contributed by atoms with van der Waals surface area (Å²) in [7, 11) is 0. The minimum absolute atomic E-state index is 0.102. The third-order valence-electron chi connectivity index (χ3n) is 3.31. The first-order chi connectivity index (χ1) is 8.63. The number of halogens is 1. The molecule has 0 atom stereocenters. The highest BCUT2D eigenvalue weighted by Gasteiger charge is 2.24. The second-order valence-electron chi connectivity index (χ2n) is 4.71. The number of allylic oxidation sites excluding steroid dienone is 1. The van der Waals surface area contributed by atoms with E-state index in [1.165, 1.54) is 6.07 Å². The fourth-order valence-corrected chi connectivity index (χ4v) is 2.53. The van der Waals surface area contributed by atoms with E-state index in [1.807, 2.05) is 6.92 Å². The summed E-state index contributed by atoms with van der Waals surface area (Å²) in [6, 6.07) is 3.05. The second kappa shape index (κ2) is 5.34. The van der Waals surface area contributed by atoms with Crippen LogP contribution in [0.25, 0.3) is 0 Å². The van der Waals surface area contributed by atoms with Crippen LogP contribution in [0.4, 0.5) is 10.1 Å². The molecule has 0 saturated heterocycles. The zero-order valence-corrected chi connectivity index (χ0v) is 10.7. The minimum Gasteiger partial charge on any atom is -0.312 e. The van der Waals surface area contributed by atoms with E-state index in [-0.39, 0.29) is 11.7 Å². The van der Waals surface area contributed by atoms with Gasteiger partial charge in [0.15, 0.2) is 0 Å². The zero-order chi connectivity index (χ0) is 13.1. The lowest BCUT2D eigenvalue weighted by Gasteiger charge is -2.31. The lowest BCUT2D eigenvalue weighted by Crippen LogP contribution is -2.36. The Morgan fingerprint density at radius 1 is 1.56 bits per heavy atom. The van der Waals surface area contributed by atoms with Crippen molar-refractivity contribution < 1.29 is 9.18 Å². The molecule has 2 rings (SSSR count). The Balaban J connectivity index is 2.32. The van der Waals surface area contributed by atoms with E-state index in [4.69, 9.17) is 0 Å². The number of aryl methyl sites for hydroxylation is 2. The lowest BCUT2D eigenvalue weighted by atomic mass is 9.97. The summed E-state index contributed by atoms with van der Waals surface area (Å²) in [5.74, 6) is -0.114. The van der Waals surface area contributed by atoms with Gasteiger partial charge in [-0.05, 0) is 49.4 Å². The smallest absolute Gasteiger partial charge is 0.227 e. The predicted octanol–water partition coefficient (Wildman–Crippen LogP) is 3.38. The molecule has 1 aromatic rings. The number of carbonyl (C=O) groups is 1. The van der Waals surface area contributed by atoms with Crippen LogP contribution >= 0.6 is 0 Å². The van der Waals surface area contributed by atoms with Crippen molar-refractivity contribution in [1.82, 2.24) is 0 Å². The highest BCUT2D eigenvalue weighted by molar-refractivity contribution is 5.95. The SMILES string of the molecule is C=CCCC(=O)N1CCCc2cc(F)cc(C)c21. The Morgan fingerprint density at radius 3 is 3.06 bits per heavy atom. The van der Waals surface area contributed by atoms with Crippen LogP contribution in [-0.4, -0.2) is 12.5 Å². The quantitative estimate of drug-likeness (QED) is 0.750. The van der Waals surface area contributed by atoms with Crippen molar-refractivity contribution in [2.75, 3.05) is 11.4 Å². The molecular formula is C15H18FNO. The third-order valence-corrected chi connectivity index (χ3v) is 3.31. The third kappa shape index (κ3) is 2.45. The maximum Gasteiger partial charge on any atom is 0.227 e. The first kappa shape index (κ1) is 12.8. The number of carbonyl (C=O) groups excluding carboxylic acids is 1. The number of fused-ring (bicyclic) bond motifs is 1. The Hall–Kier alpha value is -1.64. The Morgan fingerprint density at radius 2 is 2.33 bits per heavy atom. The van der Waals surface area contributed by atoms with E-state index < -0.39 is 0 Å². The van der Waals surface area contributed by atoms with Gasteiger partial charge in [0, 0.05) is 18.7 Å². The van der Waals surface area contributed by atoms with Gasteiger partial charge in [-0.15, -0.1) is 6.58 Å². The molecule has 0 N–H and O–H groups in total. The van der Waals surface area contributed by atoms with Crippen molar-refractivity contribution in [3.63, 3.8) is 0 Å². The molecule has 1 aliphatic heterocycles. The fraction of sp³-hybridized carbons (Fsp3) is 0.400. The molecule has 0 unspecified atom stereocenters. The van der Waals surface area contributed by atoms with E-state index in [0.29, 0.717) is 12.8 Å². The summed E-state index contributed by atoms with van der Waals surface area (Å²) < 4.78 is 13.4. The fourth-order valence-electron chi connectivity index (χ4n) is 2.53. The molecule has 2 nitrogen and oxygen atoms in total. The van der Waals surface area contributed by atoms with Gasteiger partial charge in [-0.25, -0.2) is 4.39 Å². The monoisotopic (exact) mass is 247 g/mol. The van der Waals surface area contributed by atoms with Crippen LogP contribution in [0.2, 0.25) is 0 Å². The van der Waals surface area contributed by atoms with E-state index in [0.717, 1.165) is 36.2 Å². The van der Waals surface area contributed by atoms with Crippen molar-refractivity contribution >= 4 is 11.6 Å². The summed E-state index contributed by atoms with van der Waals surface area (Å²) in [6.07, 6.45) is 4.65. The molecule has 0 aliphatic carbocycles. The predicted molar refractivity (Wildman–Crippen MR) is 71.2 cm³/mol. The second-order valence-corrected chi connectivity index (χ2v) is 4.71. The summed E-state index contributed by atoms with van der Waals surface area (Å²) in [4.78, 5) is 13.9. The summed E-state index contributed by atoms with van der Waals surface area (Å²) >= 11 is 0. The topological polar surface area (TPSA) is 20.3 Å². The number of anilines is 1. The molecule has 0 fully saturated rings. The molecule has 0 saturated carbocycles. The number of amides is 1. The van der Waals surface area contributed by atoms with E-state index in [2.05, 4.69) is 6.58 Å². The number of hydrogen-bond donors (Lipinski definition) is 0. The van der Waals surface area contributed by atoms with Crippen molar-refractivity contribution in [1.29, 1.82) is 0 Å². The van der Waals surface area contributed by atoms with E-state index in [1.54, 1.807) is 17.0 Å². The van der Waals surface area contributed by atoms with Crippen molar-refractivity contribution in [2.45, 2.75) is 32.6 Å². The largest absolute Gasteiger partial charge is 0.312 e. The molecule has 0 bridgehead atoms. The average molecular weight is 247 g/mol. The standard InChI is InChI=1S/C15H18FNO/c1-3-4-7-14(18)17-8-5-6-12-10-13(16)9-11(2)15(12)17/h3,9-10H,1,4-8H2,2H3. The van der Waals surface area contributed by atoms with Crippen LogP contribution in [0.5, 0.6) is 0 Å². The molecule has 0 spiro atoms. The minimum atomic E-state index is -0.216. The van der Waals surface area contributed by atoms with Gasteiger partial charge in [0.1, 0.15) is 5.82 Å². The van der Waals surface area contributed by atoms with E-state index >= 15 is 0 Å². The first-order valence-electron chi connectivity index (χ1n) is 6.33. The first-order valence-corrected chi connectivity index (χ1v) is 6.33. The van der Waals surface area contributed by atoms with Gasteiger partial charge in [0.2, 0.25) is 5.91 Å². The Labute approximate surface area is 107 Å². The summed E-state index contributed by atoms with van der Waals surface area (Å²) in [5.41, 5.74) is 2.71. The van der Waals surface area contributed by atoms with Crippen molar-refractivity contribution in [3.05, 3.63) is 41.7 Å². The van der Waals surface area contributed by atoms with Gasteiger partial charge < -0.3 is 4.90 Å². The molecule has 96 valence electrons. The zero-order valence-electron chi connectivity index (χ0n) is 10.7. The van der Waals surface area contributed by atoms with Gasteiger partial charge in [0.05, 0.1) is 0 Å². The van der Waals surface area contributed by atoms with Gasteiger partial charge in [-0.2, -0.15) is 0 Å². The van der Waals surface area contributed by atoms with Crippen LogP contribution < -0.4 is 4.90 Å².